The topological polar surface area (TPSA) is 150 Å². The Morgan fingerprint density at radius 2 is 1.98 bits per heavy atom. The number of morpholine rings is 1. The first-order valence-electron chi connectivity index (χ1n) is 14.0. The van der Waals surface area contributed by atoms with Gasteiger partial charge in [0, 0.05) is 26.2 Å². The first-order chi connectivity index (χ1) is 21.1. The van der Waals surface area contributed by atoms with Crippen LogP contribution in [-0.2, 0) is 19.7 Å². The van der Waals surface area contributed by atoms with Gasteiger partial charge in [-0.1, -0.05) is 11.6 Å². The van der Waals surface area contributed by atoms with E-state index < -0.39 is 57.6 Å². The summed E-state index contributed by atoms with van der Waals surface area (Å²) >= 11 is 6.38. The van der Waals surface area contributed by atoms with Gasteiger partial charge in [-0.05, 0) is 51.8 Å². The van der Waals surface area contributed by atoms with Crippen LogP contribution in [0.2, 0.25) is 5.02 Å². The van der Waals surface area contributed by atoms with Crippen LogP contribution in [0.1, 0.15) is 45.2 Å². The summed E-state index contributed by atoms with van der Waals surface area (Å²) in [5.41, 5.74) is -2.18. The van der Waals surface area contributed by atoms with Crippen molar-refractivity contribution in [1.82, 2.24) is 19.0 Å². The van der Waals surface area contributed by atoms with E-state index in [1.165, 1.54) is 11.1 Å². The minimum atomic E-state index is -4.89. The van der Waals surface area contributed by atoms with Crippen molar-refractivity contribution in [1.29, 1.82) is 5.26 Å². The first kappa shape index (κ1) is 34.3. The van der Waals surface area contributed by atoms with Gasteiger partial charge in [-0.3, -0.25) is 9.69 Å². The number of anilines is 2. The minimum Gasteiger partial charge on any atom is -0.444 e. The zero-order valence-electron chi connectivity index (χ0n) is 24.8. The van der Waals surface area contributed by atoms with E-state index in [0.29, 0.717) is 19.2 Å². The normalized spacial score (nSPS) is 18.5. The summed E-state index contributed by atoms with van der Waals surface area (Å²) in [6.45, 7) is 2.24. The van der Waals surface area contributed by atoms with Gasteiger partial charge in [0.15, 0.2) is 0 Å². The average Bonchev–Trinajstić information content (AvgIpc) is 2.98. The number of piperidine rings is 1. The Balaban J connectivity index is 1.43. The molecule has 2 saturated heterocycles. The van der Waals surface area contributed by atoms with Crippen LogP contribution in [0.15, 0.2) is 29.2 Å². The van der Waals surface area contributed by atoms with Crippen LogP contribution in [0.3, 0.4) is 0 Å². The van der Waals surface area contributed by atoms with E-state index in [4.69, 9.17) is 26.3 Å². The number of alkyl halides is 2. The van der Waals surface area contributed by atoms with E-state index in [9.17, 15) is 31.2 Å². The SMILES string of the molecule is CC(C)(C)OC(=O)N1CCOC[C@@H]1CNc1cnn(C2CCN(S(=O)(=O)N(c3ccc(C#N)cc3F)C(F)F)CC2)c(=O)c1Cl. The number of carbonyl (C=O) groups is 1. The Kier molecular flexibility index (Phi) is 10.5. The lowest BCUT2D eigenvalue weighted by atomic mass is 10.1. The number of benzene rings is 1. The van der Waals surface area contributed by atoms with E-state index in [1.807, 2.05) is 0 Å². The first-order valence-corrected chi connectivity index (χ1v) is 15.8. The molecule has 2 aromatic rings. The van der Waals surface area contributed by atoms with Crippen molar-refractivity contribution in [3.63, 3.8) is 0 Å². The molecule has 2 aliphatic heterocycles. The number of nitriles is 1. The molecule has 1 aromatic carbocycles. The molecule has 0 unspecified atom stereocenters. The molecule has 18 heteroatoms. The van der Waals surface area contributed by atoms with E-state index >= 15 is 0 Å². The Morgan fingerprint density at radius 1 is 1.29 bits per heavy atom. The highest BCUT2D eigenvalue weighted by Gasteiger charge is 2.40. The molecule has 2 fully saturated rings. The Hall–Kier alpha value is -3.59. The van der Waals surface area contributed by atoms with Crippen molar-refractivity contribution in [3.8, 4) is 6.07 Å². The van der Waals surface area contributed by atoms with Gasteiger partial charge in [0.25, 0.3) is 5.56 Å². The molecule has 0 bridgehead atoms. The zero-order chi connectivity index (χ0) is 33.1. The monoisotopic (exact) mass is 675 g/mol. The zero-order valence-corrected chi connectivity index (χ0v) is 26.3. The molecule has 13 nitrogen and oxygen atoms in total. The number of ether oxygens (including phenoxy) is 2. The Morgan fingerprint density at radius 3 is 2.58 bits per heavy atom. The third-order valence-corrected chi connectivity index (χ3v) is 9.40. The van der Waals surface area contributed by atoms with Crippen LogP contribution in [0.4, 0.5) is 29.3 Å². The van der Waals surface area contributed by atoms with E-state index in [2.05, 4.69) is 10.4 Å². The Labute approximate surface area is 263 Å². The Bertz CT molecular complexity index is 1610. The lowest BCUT2D eigenvalue weighted by molar-refractivity contribution is -0.0290. The van der Waals surface area contributed by atoms with Gasteiger partial charge < -0.3 is 14.8 Å². The summed E-state index contributed by atoms with van der Waals surface area (Å²) < 4.78 is 81.3. The number of hydrogen-bond donors (Lipinski definition) is 1. The second-order valence-corrected chi connectivity index (χ2v) is 13.6. The van der Waals surface area contributed by atoms with Gasteiger partial charge in [-0.15, -0.1) is 0 Å². The molecule has 1 aromatic heterocycles. The van der Waals surface area contributed by atoms with Gasteiger partial charge in [0.1, 0.15) is 16.4 Å². The van der Waals surface area contributed by atoms with Crippen LogP contribution in [-0.4, -0.2) is 91.1 Å². The fourth-order valence-electron chi connectivity index (χ4n) is 4.97. The maximum atomic E-state index is 14.5. The number of halogens is 4. The lowest BCUT2D eigenvalue weighted by Crippen LogP contribution is -2.53. The van der Waals surface area contributed by atoms with Gasteiger partial charge in [0.2, 0.25) is 0 Å². The van der Waals surface area contributed by atoms with Crippen molar-refractivity contribution in [2.45, 2.75) is 57.8 Å². The molecule has 2 aliphatic rings. The van der Waals surface area contributed by atoms with Crippen molar-refractivity contribution >= 4 is 39.3 Å². The number of amides is 1. The number of rotatable bonds is 8. The predicted molar refractivity (Wildman–Crippen MR) is 158 cm³/mol. The lowest BCUT2D eigenvalue weighted by Gasteiger charge is -2.36. The molecular weight excluding hydrogens is 643 g/mol. The van der Waals surface area contributed by atoms with Gasteiger partial charge in [-0.25, -0.2) is 13.9 Å². The number of nitrogens with zero attached hydrogens (tertiary/aromatic N) is 6. The highest BCUT2D eigenvalue weighted by molar-refractivity contribution is 7.90. The fraction of sp³-hybridized carbons (Fsp3) is 0.556. The number of aromatic nitrogens is 2. The van der Waals surface area contributed by atoms with Gasteiger partial charge in [-0.2, -0.15) is 36.2 Å². The van der Waals surface area contributed by atoms with Crippen LogP contribution in [0.25, 0.3) is 0 Å². The minimum absolute atomic E-state index is 0.0342. The third-order valence-electron chi connectivity index (χ3n) is 7.16. The summed E-state index contributed by atoms with van der Waals surface area (Å²) in [5, 5.41) is 16.0. The highest BCUT2D eigenvalue weighted by Crippen LogP contribution is 2.31. The van der Waals surface area contributed by atoms with Crippen molar-refractivity contribution in [2.24, 2.45) is 0 Å². The van der Waals surface area contributed by atoms with E-state index in [-0.39, 0.29) is 59.7 Å². The van der Waals surface area contributed by atoms with Crippen molar-refractivity contribution < 1.29 is 35.9 Å². The summed E-state index contributed by atoms with van der Waals surface area (Å²) in [6, 6.07) is 3.16. The molecule has 0 spiro atoms. The van der Waals surface area contributed by atoms with Crippen LogP contribution >= 0.6 is 11.6 Å². The molecule has 0 radical (unpaired) electrons. The molecule has 45 heavy (non-hydrogen) atoms. The summed E-state index contributed by atoms with van der Waals surface area (Å²) in [4.78, 5) is 27.3. The smallest absolute Gasteiger partial charge is 0.410 e. The average molecular weight is 676 g/mol. The quantitative estimate of drug-likeness (QED) is 0.415. The van der Waals surface area contributed by atoms with Crippen LogP contribution < -0.4 is 15.2 Å². The number of carbonyl (C=O) groups excluding carboxylic acids is 1. The molecule has 1 N–H and O–H groups in total. The molecule has 1 amide bonds. The third kappa shape index (κ3) is 7.80. The fourth-order valence-corrected chi connectivity index (χ4v) is 6.69. The second-order valence-electron chi connectivity index (χ2n) is 11.4. The predicted octanol–water partition coefficient (Wildman–Crippen LogP) is 3.57. The number of hydrogen-bond acceptors (Lipinski definition) is 9. The van der Waals surface area contributed by atoms with Gasteiger partial charge >= 0.3 is 22.9 Å². The molecule has 1 atom stereocenters. The van der Waals surface area contributed by atoms with E-state index in [1.54, 1.807) is 26.8 Å². The van der Waals surface area contributed by atoms with Crippen LogP contribution in [0, 0.1) is 17.1 Å². The van der Waals surface area contributed by atoms with E-state index in [0.717, 1.165) is 21.1 Å². The molecule has 3 heterocycles. The maximum absolute atomic E-state index is 14.5. The summed E-state index contributed by atoms with van der Waals surface area (Å²) in [7, 11) is -4.89. The molecule has 0 aliphatic carbocycles. The second kappa shape index (κ2) is 13.8. The van der Waals surface area contributed by atoms with Crippen LogP contribution in [0.5, 0.6) is 0 Å². The molecule has 0 saturated carbocycles. The van der Waals surface area contributed by atoms with Gasteiger partial charge in [0.05, 0.1) is 54.5 Å². The molecule has 4 rings (SSSR count). The van der Waals surface area contributed by atoms with Crippen molar-refractivity contribution in [2.75, 3.05) is 49.0 Å². The van der Waals surface area contributed by atoms with Crippen molar-refractivity contribution in [3.05, 3.63) is 51.2 Å². The maximum Gasteiger partial charge on any atom is 0.410 e. The number of nitrogens with one attached hydrogen (secondary N) is 1. The molecular formula is C27H33ClF3N7O6S. The largest absolute Gasteiger partial charge is 0.444 e. The summed E-state index contributed by atoms with van der Waals surface area (Å²) in [5.74, 6) is -1.29. The summed E-state index contributed by atoms with van der Waals surface area (Å²) in [6.07, 6.45) is 0.906. The molecule has 246 valence electrons. The highest BCUT2D eigenvalue weighted by atomic mass is 35.5. The standard InChI is InChI=1S/C27H33ClF3N7O6S/c1-27(2,3)44-26(40)36-10-11-43-16-19(36)14-33-21-15-34-37(24(39)23(21)28)18-6-8-35(9-7-18)45(41,42)38(25(30)31)22-5-4-17(13-32)12-20(22)29/h4-5,12,15,18-19,25,33H,6-11,14,16H2,1-3H3/t19-/m0/s1.